The smallest absolute Gasteiger partial charge is 0.338 e. The minimum absolute atomic E-state index is 0.00942. The summed E-state index contributed by atoms with van der Waals surface area (Å²) in [6, 6.07) is 22.2. The molecule has 1 aliphatic heterocycles. The van der Waals surface area contributed by atoms with E-state index in [-0.39, 0.29) is 17.9 Å². The molecule has 0 saturated heterocycles. The van der Waals surface area contributed by atoms with Gasteiger partial charge in [0.15, 0.2) is 0 Å². The highest BCUT2D eigenvalue weighted by Crippen LogP contribution is 2.36. The van der Waals surface area contributed by atoms with Gasteiger partial charge in [-0.05, 0) is 67.3 Å². The Bertz CT molecular complexity index is 2100. The summed E-state index contributed by atoms with van der Waals surface area (Å²) in [5.74, 6) is 0.457. The molecule has 0 atom stereocenters. The molecule has 3 heterocycles. The van der Waals surface area contributed by atoms with Gasteiger partial charge < -0.3 is 34.1 Å². The number of fused-ring (bicyclic) bond motifs is 6. The molecule has 0 aliphatic carbocycles. The van der Waals surface area contributed by atoms with Crippen molar-refractivity contribution in [3.8, 4) is 34.7 Å². The Hall–Kier alpha value is -6.35. The van der Waals surface area contributed by atoms with Crippen molar-refractivity contribution in [1.29, 1.82) is 5.26 Å². The number of rotatable bonds is 9. The van der Waals surface area contributed by atoms with Crippen LogP contribution in [0.5, 0.6) is 17.4 Å². The number of esters is 1. The lowest BCUT2D eigenvalue weighted by Crippen LogP contribution is -2.18. The maximum absolute atomic E-state index is 13.8. The fourth-order valence-corrected chi connectivity index (χ4v) is 5.92. The van der Waals surface area contributed by atoms with Crippen LogP contribution in [0, 0.1) is 11.3 Å². The summed E-state index contributed by atoms with van der Waals surface area (Å²) >= 11 is 0. The third-order valence-corrected chi connectivity index (χ3v) is 8.60. The Morgan fingerprint density at radius 1 is 1.04 bits per heavy atom. The van der Waals surface area contributed by atoms with Gasteiger partial charge >= 0.3 is 5.97 Å². The topological polar surface area (TPSA) is 150 Å². The number of carbonyl (C=O) groups excluding carboxylic acids is 2. The molecular formula is C39H38N6O6. The van der Waals surface area contributed by atoms with Crippen molar-refractivity contribution in [3.05, 3.63) is 113 Å². The van der Waals surface area contributed by atoms with E-state index in [1.54, 1.807) is 24.7 Å². The molecule has 1 amide bonds. The zero-order valence-electron chi connectivity index (χ0n) is 28.7. The van der Waals surface area contributed by atoms with Crippen molar-refractivity contribution in [2.75, 3.05) is 31.5 Å². The number of imidazole rings is 1. The van der Waals surface area contributed by atoms with E-state index in [1.165, 1.54) is 20.3 Å². The highest BCUT2D eigenvalue weighted by molar-refractivity contribution is 6.00. The second kappa shape index (κ2) is 15.9. The van der Waals surface area contributed by atoms with Crippen molar-refractivity contribution in [2.45, 2.75) is 45.9 Å². The Balaban J connectivity index is 1.28. The van der Waals surface area contributed by atoms with E-state index in [0.717, 1.165) is 28.9 Å². The number of methoxy groups -OCH3 is 2. The molecule has 0 saturated carbocycles. The molecule has 2 aromatic heterocycles. The van der Waals surface area contributed by atoms with Crippen molar-refractivity contribution < 1.29 is 28.5 Å². The highest BCUT2D eigenvalue weighted by atomic mass is 16.5. The van der Waals surface area contributed by atoms with E-state index in [2.05, 4.69) is 21.7 Å². The van der Waals surface area contributed by atoms with Gasteiger partial charge in [0.2, 0.25) is 11.8 Å². The van der Waals surface area contributed by atoms with E-state index in [9.17, 15) is 14.9 Å². The van der Waals surface area contributed by atoms with E-state index in [4.69, 9.17) is 23.9 Å². The molecule has 3 aromatic carbocycles. The van der Waals surface area contributed by atoms with Crippen molar-refractivity contribution in [2.24, 2.45) is 0 Å². The number of benzene rings is 3. The normalized spacial score (nSPS) is 12.2. The number of anilines is 2. The van der Waals surface area contributed by atoms with Crippen molar-refractivity contribution >= 4 is 23.3 Å². The molecule has 1 aliphatic rings. The molecule has 0 fully saturated rings. The molecule has 4 bridgehead atoms. The Labute approximate surface area is 296 Å². The quantitative estimate of drug-likeness (QED) is 0.169. The first-order valence-electron chi connectivity index (χ1n) is 16.6. The van der Waals surface area contributed by atoms with Crippen molar-refractivity contribution in [3.63, 3.8) is 0 Å². The SMILES string of the molecule is CCn1cncc1CNc1cc(C(=O)OC)cc(OC)c1NC(=O)Cc1ccc2cc1OCCCc1cc(C#N)ccc1COc1cccc-2n1. The number of nitrogens with zero attached hydrogens (tertiary/aromatic N) is 4. The highest BCUT2D eigenvalue weighted by Gasteiger charge is 2.20. The molecule has 0 radical (unpaired) electrons. The lowest BCUT2D eigenvalue weighted by molar-refractivity contribution is -0.115. The van der Waals surface area contributed by atoms with E-state index >= 15 is 0 Å². The van der Waals surface area contributed by atoms with Gasteiger partial charge in [-0.15, -0.1) is 0 Å². The molecule has 0 spiro atoms. The maximum Gasteiger partial charge on any atom is 0.338 e. The minimum atomic E-state index is -0.540. The Kier molecular flexibility index (Phi) is 10.8. The summed E-state index contributed by atoms with van der Waals surface area (Å²) in [6.45, 7) is 3.85. The molecule has 12 nitrogen and oxygen atoms in total. The summed E-state index contributed by atoms with van der Waals surface area (Å²) in [6.07, 6.45) is 4.85. The summed E-state index contributed by atoms with van der Waals surface area (Å²) in [7, 11) is 2.78. The monoisotopic (exact) mass is 686 g/mol. The number of nitriles is 1. The summed E-state index contributed by atoms with van der Waals surface area (Å²) in [4.78, 5) is 35.2. The lowest BCUT2D eigenvalue weighted by Gasteiger charge is -2.19. The first-order valence-corrected chi connectivity index (χ1v) is 16.6. The van der Waals surface area contributed by atoms with Gasteiger partial charge in [-0.25, -0.2) is 14.8 Å². The molecule has 0 unspecified atom stereocenters. The first kappa shape index (κ1) is 34.5. The average molecular weight is 687 g/mol. The van der Waals surface area contributed by atoms with Crippen LogP contribution in [-0.4, -0.2) is 47.2 Å². The van der Waals surface area contributed by atoms with Crippen LogP contribution in [0.15, 0.2) is 79.3 Å². The van der Waals surface area contributed by atoms with Gasteiger partial charge in [-0.2, -0.15) is 5.26 Å². The van der Waals surface area contributed by atoms with E-state index in [1.807, 2.05) is 60.0 Å². The predicted octanol–water partition coefficient (Wildman–Crippen LogP) is 6.33. The van der Waals surface area contributed by atoms with E-state index in [0.29, 0.717) is 78.2 Å². The molecule has 5 aromatic rings. The number of hydrogen-bond acceptors (Lipinski definition) is 10. The average Bonchev–Trinajstić information content (AvgIpc) is 3.63. The number of aromatic nitrogens is 3. The molecular weight excluding hydrogens is 648 g/mol. The predicted molar refractivity (Wildman–Crippen MR) is 191 cm³/mol. The zero-order valence-corrected chi connectivity index (χ0v) is 28.7. The first-order chi connectivity index (χ1) is 24.9. The fourth-order valence-electron chi connectivity index (χ4n) is 5.92. The van der Waals surface area contributed by atoms with Crippen LogP contribution >= 0.6 is 0 Å². The number of ether oxygens (including phenoxy) is 4. The van der Waals surface area contributed by atoms with Crippen LogP contribution < -0.4 is 24.8 Å². The molecule has 6 rings (SSSR count). The van der Waals surface area contributed by atoms with Gasteiger partial charge in [0.1, 0.15) is 23.8 Å². The standard InChI is InChI=1S/C39H38N6O6/c1-4-45-24-41-21-31(45)22-42-33-16-30(39(47)49-3)18-35(48-2)38(33)44-36(46)19-28-13-12-27-17-34(28)50-14-6-7-26-15-25(20-40)10-11-29(26)23-51-37-9-5-8-32(27)43-37/h5,8-13,15-18,21,24,42H,4,6-7,14,19,22-23H2,1-3H3,(H,44,46). The molecule has 260 valence electrons. The van der Waals surface area contributed by atoms with Gasteiger partial charge in [-0.3, -0.25) is 4.79 Å². The maximum atomic E-state index is 13.8. The molecule has 2 N–H and O–H groups in total. The van der Waals surface area contributed by atoms with Crippen LogP contribution in [0.3, 0.4) is 0 Å². The van der Waals surface area contributed by atoms with Crippen LogP contribution in [0.25, 0.3) is 11.3 Å². The zero-order chi connectivity index (χ0) is 35.7. The van der Waals surface area contributed by atoms with Gasteiger partial charge in [0, 0.05) is 29.9 Å². The second-order valence-corrected chi connectivity index (χ2v) is 11.9. The summed E-state index contributed by atoms with van der Waals surface area (Å²) in [5, 5.41) is 15.8. The number of aryl methyl sites for hydroxylation is 2. The van der Waals surface area contributed by atoms with E-state index < -0.39 is 5.97 Å². The number of amides is 1. The number of hydrogen-bond donors (Lipinski definition) is 2. The molecule has 12 heteroatoms. The van der Waals surface area contributed by atoms with Crippen LogP contribution in [-0.2, 0) is 42.1 Å². The van der Waals surface area contributed by atoms with Crippen LogP contribution in [0.2, 0.25) is 0 Å². The minimum Gasteiger partial charge on any atom is -0.494 e. The fraction of sp³-hybridized carbons (Fsp3) is 0.256. The largest absolute Gasteiger partial charge is 0.494 e. The van der Waals surface area contributed by atoms with Crippen molar-refractivity contribution in [1.82, 2.24) is 14.5 Å². The number of pyridine rings is 1. The van der Waals surface area contributed by atoms with Gasteiger partial charge in [-0.1, -0.05) is 24.3 Å². The second-order valence-electron chi connectivity index (χ2n) is 11.9. The third kappa shape index (κ3) is 8.11. The Morgan fingerprint density at radius 2 is 1.92 bits per heavy atom. The number of nitrogens with one attached hydrogen (secondary N) is 2. The molecule has 51 heavy (non-hydrogen) atoms. The summed E-state index contributed by atoms with van der Waals surface area (Å²) in [5.41, 5.74) is 6.80. The number of carbonyl (C=O) groups is 2. The van der Waals surface area contributed by atoms with Gasteiger partial charge in [0.25, 0.3) is 0 Å². The third-order valence-electron chi connectivity index (χ3n) is 8.60. The van der Waals surface area contributed by atoms with Crippen LogP contribution in [0.4, 0.5) is 11.4 Å². The van der Waals surface area contributed by atoms with Gasteiger partial charge in [0.05, 0.1) is 74.4 Å². The Morgan fingerprint density at radius 3 is 2.73 bits per heavy atom. The lowest BCUT2D eigenvalue weighted by atomic mass is 10.0. The summed E-state index contributed by atoms with van der Waals surface area (Å²) < 4.78 is 25.0. The van der Waals surface area contributed by atoms with Crippen LogP contribution in [0.1, 0.15) is 51.7 Å².